The highest BCUT2D eigenvalue weighted by Crippen LogP contribution is 2.16. The number of rotatable bonds is 8. The Morgan fingerprint density at radius 3 is 2.55 bits per heavy atom. The van der Waals surface area contributed by atoms with Crippen LogP contribution in [0.15, 0.2) is 65.8 Å². The van der Waals surface area contributed by atoms with E-state index in [1.807, 2.05) is 49.5 Å². The highest BCUT2D eigenvalue weighted by molar-refractivity contribution is 7.89. The second kappa shape index (κ2) is 9.02. The van der Waals surface area contributed by atoms with E-state index in [9.17, 15) is 13.2 Å². The molecule has 8 heteroatoms. The quantitative estimate of drug-likeness (QED) is 0.594. The Kier molecular flexibility index (Phi) is 6.46. The number of benzene rings is 2. The SMILES string of the molecule is Cc1ccc(C)c(S(=O)(=O)NCCC(=O)NCc2ccc(-n3cccn3)cc2)c1. The Labute approximate surface area is 170 Å². The van der Waals surface area contributed by atoms with Crippen LogP contribution in [0.5, 0.6) is 0 Å². The third-order valence-corrected chi connectivity index (χ3v) is 6.08. The lowest BCUT2D eigenvalue weighted by atomic mass is 10.2. The molecule has 29 heavy (non-hydrogen) atoms. The van der Waals surface area contributed by atoms with Crippen molar-refractivity contribution in [1.82, 2.24) is 19.8 Å². The molecule has 3 rings (SSSR count). The summed E-state index contributed by atoms with van der Waals surface area (Å²) in [6.45, 7) is 4.01. The van der Waals surface area contributed by atoms with Crippen molar-refractivity contribution in [2.75, 3.05) is 6.54 Å². The topological polar surface area (TPSA) is 93.1 Å². The maximum atomic E-state index is 12.4. The molecule has 0 aliphatic rings. The van der Waals surface area contributed by atoms with Gasteiger partial charge in [0.05, 0.1) is 10.6 Å². The van der Waals surface area contributed by atoms with E-state index in [1.54, 1.807) is 29.9 Å². The molecule has 0 unspecified atom stereocenters. The molecule has 2 N–H and O–H groups in total. The van der Waals surface area contributed by atoms with E-state index in [0.29, 0.717) is 12.1 Å². The largest absolute Gasteiger partial charge is 0.352 e. The van der Waals surface area contributed by atoms with E-state index >= 15 is 0 Å². The van der Waals surface area contributed by atoms with E-state index in [4.69, 9.17) is 0 Å². The fraction of sp³-hybridized carbons (Fsp3) is 0.238. The average Bonchev–Trinajstić information content (AvgIpc) is 3.23. The van der Waals surface area contributed by atoms with Crippen LogP contribution in [-0.2, 0) is 21.4 Å². The number of nitrogens with zero attached hydrogens (tertiary/aromatic N) is 2. The third kappa shape index (κ3) is 5.52. The number of carbonyl (C=O) groups is 1. The van der Waals surface area contributed by atoms with Gasteiger partial charge >= 0.3 is 0 Å². The first-order chi connectivity index (χ1) is 13.8. The molecule has 0 aliphatic carbocycles. The molecular weight excluding hydrogens is 388 g/mol. The minimum atomic E-state index is -3.64. The first-order valence-electron chi connectivity index (χ1n) is 9.28. The van der Waals surface area contributed by atoms with Gasteiger partial charge in [-0.3, -0.25) is 4.79 Å². The van der Waals surface area contributed by atoms with E-state index < -0.39 is 10.0 Å². The lowest BCUT2D eigenvalue weighted by Crippen LogP contribution is -2.31. The highest BCUT2D eigenvalue weighted by atomic mass is 32.2. The fourth-order valence-corrected chi connectivity index (χ4v) is 4.21. The van der Waals surface area contributed by atoms with E-state index in [0.717, 1.165) is 16.8 Å². The molecule has 0 atom stereocenters. The first kappa shape index (κ1) is 20.8. The third-order valence-electron chi connectivity index (χ3n) is 4.47. The number of sulfonamides is 1. The molecular formula is C21H24N4O3S. The fourth-order valence-electron chi connectivity index (χ4n) is 2.85. The number of nitrogens with one attached hydrogen (secondary N) is 2. The van der Waals surface area contributed by atoms with E-state index in [2.05, 4.69) is 15.1 Å². The number of aromatic nitrogens is 2. The molecule has 0 radical (unpaired) electrons. The molecule has 0 bridgehead atoms. The molecule has 152 valence electrons. The van der Waals surface area contributed by atoms with Crippen molar-refractivity contribution >= 4 is 15.9 Å². The van der Waals surface area contributed by atoms with Gasteiger partial charge in [-0.25, -0.2) is 17.8 Å². The second-order valence-corrected chi connectivity index (χ2v) is 8.55. The standard InChI is InChI=1S/C21H24N4O3S/c1-16-4-5-17(2)20(14-16)29(27,28)24-12-10-21(26)22-15-18-6-8-19(9-7-18)25-13-3-11-23-25/h3-9,11,13-14,24H,10,12,15H2,1-2H3,(H,22,26). The van der Waals surface area contributed by atoms with Gasteiger partial charge in [-0.15, -0.1) is 0 Å². The molecule has 3 aromatic rings. The Hall–Kier alpha value is -2.97. The van der Waals surface area contributed by atoms with Crippen LogP contribution in [0.4, 0.5) is 0 Å². The molecule has 1 aromatic heterocycles. The predicted molar refractivity (Wildman–Crippen MR) is 111 cm³/mol. The molecule has 0 saturated carbocycles. The summed E-state index contributed by atoms with van der Waals surface area (Å²) in [6.07, 6.45) is 3.63. The molecule has 1 amide bonds. The van der Waals surface area contributed by atoms with E-state index in [1.165, 1.54) is 0 Å². The monoisotopic (exact) mass is 412 g/mol. The zero-order valence-corrected chi connectivity index (χ0v) is 17.2. The molecule has 0 fully saturated rings. The van der Waals surface area contributed by atoms with Gasteiger partial charge in [-0.1, -0.05) is 24.3 Å². The summed E-state index contributed by atoms with van der Waals surface area (Å²) in [5.41, 5.74) is 3.43. The van der Waals surface area contributed by atoms with Crippen LogP contribution in [0.2, 0.25) is 0 Å². The lowest BCUT2D eigenvalue weighted by molar-refractivity contribution is -0.121. The van der Waals surface area contributed by atoms with Gasteiger partial charge in [-0.05, 0) is 54.8 Å². The van der Waals surface area contributed by atoms with Gasteiger partial charge in [0.25, 0.3) is 0 Å². The normalized spacial score (nSPS) is 11.4. The van der Waals surface area contributed by atoms with Crippen LogP contribution in [0, 0.1) is 13.8 Å². The minimum Gasteiger partial charge on any atom is -0.352 e. The van der Waals surface area contributed by atoms with Gasteiger partial charge in [0.15, 0.2) is 0 Å². The van der Waals surface area contributed by atoms with Crippen LogP contribution in [0.1, 0.15) is 23.1 Å². The van der Waals surface area contributed by atoms with Gasteiger partial charge < -0.3 is 5.32 Å². The number of hydrogen-bond acceptors (Lipinski definition) is 4. The van der Waals surface area contributed by atoms with Crippen LogP contribution in [0.3, 0.4) is 0 Å². The number of amides is 1. The molecule has 7 nitrogen and oxygen atoms in total. The second-order valence-electron chi connectivity index (χ2n) is 6.81. The zero-order chi connectivity index (χ0) is 20.9. The predicted octanol–water partition coefficient (Wildman–Crippen LogP) is 2.47. The van der Waals surface area contributed by atoms with Gasteiger partial charge in [-0.2, -0.15) is 5.10 Å². The Morgan fingerprint density at radius 2 is 1.86 bits per heavy atom. The zero-order valence-electron chi connectivity index (χ0n) is 16.4. The molecule has 0 aliphatic heterocycles. The number of carbonyl (C=O) groups excluding carboxylic acids is 1. The van der Waals surface area contributed by atoms with Crippen molar-refractivity contribution in [3.8, 4) is 5.69 Å². The average molecular weight is 413 g/mol. The maximum absolute atomic E-state index is 12.4. The van der Waals surface area contributed by atoms with Gasteiger partial charge in [0.1, 0.15) is 0 Å². The van der Waals surface area contributed by atoms with Crippen molar-refractivity contribution in [3.05, 3.63) is 77.6 Å². The Bertz CT molecular complexity index is 1080. The van der Waals surface area contributed by atoms with Gasteiger partial charge in [0.2, 0.25) is 15.9 Å². The van der Waals surface area contributed by atoms with E-state index in [-0.39, 0.29) is 23.8 Å². The first-order valence-corrected chi connectivity index (χ1v) is 10.8. The van der Waals surface area contributed by atoms with Crippen LogP contribution < -0.4 is 10.0 Å². The number of hydrogen-bond donors (Lipinski definition) is 2. The smallest absolute Gasteiger partial charge is 0.240 e. The van der Waals surface area contributed by atoms with Crippen molar-refractivity contribution in [2.45, 2.75) is 31.7 Å². The summed E-state index contributed by atoms with van der Waals surface area (Å²) >= 11 is 0. The maximum Gasteiger partial charge on any atom is 0.240 e. The Balaban J connectivity index is 1.47. The van der Waals surface area contributed by atoms with Crippen molar-refractivity contribution < 1.29 is 13.2 Å². The van der Waals surface area contributed by atoms with Crippen molar-refractivity contribution in [1.29, 1.82) is 0 Å². The van der Waals surface area contributed by atoms with Crippen LogP contribution in [0.25, 0.3) is 5.69 Å². The molecule has 1 heterocycles. The Morgan fingerprint density at radius 1 is 1.10 bits per heavy atom. The lowest BCUT2D eigenvalue weighted by Gasteiger charge is -2.10. The summed E-state index contributed by atoms with van der Waals surface area (Å²) in [6, 6.07) is 14.8. The summed E-state index contributed by atoms with van der Waals surface area (Å²) in [7, 11) is -3.64. The minimum absolute atomic E-state index is 0.0415. The summed E-state index contributed by atoms with van der Waals surface area (Å²) in [4.78, 5) is 12.3. The number of aryl methyl sites for hydroxylation is 2. The molecule has 0 spiro atoms. The van der Waals surface area contributed by atoms with Gasteiger partial charge in [0, 0.05) is 31.9 Å². The summed E-state index contributed by atoms with van der Waals surface area (Å²) in [5, 5.41) is 6.97. The summed E-state index contributed by atoms with van der Waals surface area (Å²) < 4.78 is 29.1. The van der Waals surface area contributed by atoms with Crippen molar-refractivity contribution in [2.24, 2.45) is 0 Å². The van der Waals surface area contributed by atoms with Crippen LogP contribution >= 0.6 is 0 Å². The molecule has 2 aromatic carbocycles. The molecule has 0 saturated heterocycles. The highest BCUT2D eigenvalue weighted by Gasteiger charge is 2.17. The van der Waals surface area contributed by atoms with Crippen molar-refractivity contribution in [3.63, 3.8) is 0 Å². The van der Waals surface area contributed by atoms with Crippen LogP contribution in [-0.4, -0.2) is 30.7 Å². The summed E-state index contributed by atoms with van der Waals surface area (Å²) in [5.74, 6) is -0.218.